The zero-order valence-corrected chi connectivity index (χ0v) is 9.62. The summed E-state index contributed by atoms with van der Waals surface area (Å²) in [7, 11) is 6.33. The summed E-state index contributed by atoms with van der Waals surface area (Å²) in [6.07, 6.45) is 3.83. The monoisotopic (exact) mass is 198 g/mol. The van der Waals surface area contributed by atoms with Crippen LogP contribution in [0.3, 0.4) is 0 Å². The van der Waals surface area contributed by atoms with E-state index in [1.165, 1.54) is 6.42 Å². The van der Waals surface area contributed by atoms with Gasteiger partial charge in [0.05, 0.1) is 0 Å². The molecular formula is C11H22N2O. The highest BCUT2D eigenvalue weighted by Gasteiger charge is 2.24. The van der Waals surface area contributed by atoms with Crippen molar-refractivity contribution in [2.24, 2.45) is 0 Å². The molecule has 14 heavy (non-hydrogen) atoms. The quantitative estimate of drug-likeness (QED) is 0.658. The molecule has 0 radical (unpaired) electrons. The summed E-state index contributed by atoms with van der Waals surface area (Å²) in [6.45, 7) is 2.24. The van der Waals surface area contributed by atoms with Gasteiger partial charge in [-0.3, -0.25) is 4.79 Å². The van der Waals surface area contributed by atoms with E-state index in [-0.39, 0.29) is 0 Å². The van der Waals surface area contributed by atoms with Crippen molar-refractivity contribution >= 4 is 5.78 Å². The fraction of sp³-hybridized carbons (Fsp3) is 0.909. The van der Waals surface area contributed by atoms with Crippen molar-refractivity contribution in [1.82, 2.24) is 9.80 Å². The van der Waals surface area contributed by atoms with E-state index in [9.17, 15) is 4.79 Å². The summed E-state index contributed by atoms with van der Waals surface area (Å²) >= 11 is 0. The Morgan fingerprint density at radius 1 is 1.29 bits per heavy atom. The van der Waals surface area contributed by atoms with Crippen molar-refractivity contribution in [1.29, 1.82) is 0 Å². The minimum atomic E-state index is 0.439. The van der Waals surface area contributed by atoms with Gasteiger partial charge in [0, 0.05) is 18.9 Å². The third kappa shape index (κ3) is 3.76. The molecule has 1 rings (SSSR count). The Balaban J connectivity index is 2.15. The van der Waals surface area contributed by atoms with Crippen LogP contribution in [-0.4, -0.2) is 55.9 Å². The predicted molar refractivity (Wildman–Crippen MR) is 58.4 cm³/mol. The second-order valence-corrected chi connectivity index (χ2v) is 4.57. The molecule has 3 nitrogen and oxygen atoms in total. The Morgan fingerprint density at radius 2 is 2.00 bits per heavy atom. The zero-order chi connectivity index (χ0) is 10.6. The van der Waals surface area contributed by atoms with Crippen molar-refractivity contribution in [3.05, 3.63) is 0 Å². The molecule has 0 aromatic rings. The van der Waals surface area contributed by atoms with Crippen LogP contribution < -0.4 is 0 Å². The molecule has 0 aromatic heterocycles. The number of rotatable bonds is 5. The van der Waals surface area contributed by atoms with Gasteiger partial charge in [-0.2, -0.15) is 0 Å². The molecule has 3 heteroatoms. The number of Topliss-reactive ketones (excluding diaryl/α,β-unsaturated/α-hetero) is 1. The van der Waals surface area contributed by atoms with Gasteiger partial charge in [-0.05, 0) is 47.1 Å². The number of carbonyl (C=O) groups is 1. The number of hydrogen-bond acceptors (Lipinski definition) is 3. The van der Waals surface area contributed by atoms with E-state index in [0.29, 0.717) is 11.8 Å². The molecule has 0 aromatic carbocycles. The molecule has 1 atom stereocenters. The second kappa shape index (κ2) is 5.47. The highest BCUT2D eigenvalue weighted by molar-refractivity contribution is 5.81. The highest BCUT2D eigenvalue weighted by Crippen LogP contribution is 2.19. The maximum absolute atomic E-state index is 11.1. The first-order valence-corrected chi connectivity index (χ1v) is 5.46. The van der Waals surface area contributed by atoms with Gasteiger partial charge in [0.15, 0.2) is 0 Å². The van der Waals surface area contributed by atoms with Crippen LogP contribution in [0.25, 0.3) is 0 Å². The van der Waals surface area contributed by atoms with Gasteiger partial charge in [-0.25, -0.2) is 0 Å². The number of hydrogen-bond donors (Lipinski definition) is 0. The molecule has 1 saturated carbocycles. The van der Waals surface area contributed by atoms with Crippen LogP contribution in [0.5, 0.6) is 0 Å². The maximum atomic E-state index is 11.1. The SMILES string of the molecule is CN(C)CCCN(C)C1CCC(=O)C1. The molecule has 82 valence electrons. The van der Waals surface area contributed by atoms with Crippen LogP contribution >= 0.6 is 0 Å². The number of carbonyl (C=O) groups excluding carboxylic acids is 1. The lowest BCUT2D eigenvalue weighted by Gasteiger charge is -2.23. The van der Waals surface area contributed by atoms with Crippen molar-refractivity contribution in [3.8, 4) is 0 Å². The van der Waals surface area contributed by atoms with Crippen LogP contribution in [0.4, 0.5) is 0 Å². The standard InChI is InChI=1S/C11H22N2O/c1-12(2)7-4-8-13(3)10-5-6-11(14)9-10/h10H,4-9H2,1-3H3. The van der Waals surface area contributed by atoms with E-state index in [0.717, 1.165) is 32.4 Å². The smallest absolute Gasteiger partial charge is 0.134 e. The van der Waals surface area contributed by atoms with Crippen molar-refractivity contribution < 1.29 is 4.79 Å². The Kier molecular flexibility index (Phi) is 4.55. The van der Waals surface area contributed by atoms with E-state index < -0.39 is 0 Å². The summed E-state index contributed by atoms with van der Waals surface area (Å²) in [4.78, 5) is 15.6. The number of nitrogens with zero attached hydrogens (tertiary/aromatic N) is 2. The van der Waals surface area contributed by atoms with Crippen LogP contribution in [-0.2, 0) is 4.79 Å². The van der Waals surface area contributed by atoms with Crippen LogP contribution in [0, 0.1) is 0 Å². The second-order valence-electron chi connectivity index (χ2n) is 4.57. The summed E-state index contributed by atoms with van der Waals surface area (Å²) in [5, 5.41) is 0. The minimum Gasteiger partial charge on any atom is -0.309 e. The Hall–Kier alpha value is -0.410. The van der Waals surface area contributed by atoms with Crippen molar-refractivity contribution in [2.75, 3.05) is 34.2 Å². The van der Waals surface area contributed by atoms with Gasteiger partial charge < -0.3 is 9.80 Å². The summed E-state index contributed by atoms with van der Waals surface area (Å²) in [5.41, 5.74) is 0. The molecule has 1 aliphatic carbocycles. The van der Waals surface area contributed by atoms with E-state index in [4.69, 9.17) is 0 Å². The molecule has 0 heterocycles. The molecule has 1 unspecified atom stereocenters. The number of ketones is 1. The molecule has 1 fully saturated rings. The molecule has 1 aliphatic rings. The Bertz CT molecular complexity index is 192. The maximum Gasteiger partial charge on any atom is 0.134 e. The van der Waals surface area contributed by atoms with E-state index in [2.05, 4.69) is 30.9 Å². The van der Waals surface area contributed by atoms with Crippen LogP contribution in [0.2, 0.25) is 0 Å². The first-order valence-electron chi connectivity index (χ1n) is 5.46. The third-order valence-electron chi connectivity index (χ3n) is 2.96. The highest BCUT2D eigenvalue weighted by atomic mass is 16.1. The first kappa shape index (κ1) is 11.7. The molecule has 0 spiro atoms. The van der Waals surface area contributed by atoms with Gasteiger partial charge in [0.1, 0.15) is 5.78 Å². The minimum absolute atomic E-state index is 0.439. The topological polar surface area (TPSA) is 23.6 Å². The largest absolute Gasteiger partial charge is 0.309 e. The van der Waals surface area contributed by atoms with Gasteiger partial charge in [-0.15, -0.1) is 0 Å². The van der Waals surface area contributed by atoms with E-state index >= 15 is 0 Å². The fourth-order valence-corrected chi connectivity index (χ4v) is 1.99. The van der Waals surface area contributed by atoms with Crippen molar-refractivity contribution in [2.45, 2.75) is 31.7 Å². The molecule has 0 amide bonds. The summed E-state index contributed by atoms with van der Waals surface area (Å²) in [6, 6.07) is 0.518. The Labute approximate surface area is 87.1 Å². The molecule has 0 saturated heterocycles. The van der Waals surface area contributed by atoms with Crippen molar-refractivity contribution in [3.63, 3.8) is 0 Å². The lowest BCUT2D eigenvalue weighted by atomic mass is 10.2. The fourth-order valence-electron chi connectivity index (χ4n) is 1.99. The van der Waals surface area contributed by atoms with Gasteiger partial charge in [0.2, 0.25) is 0 Å². The van der Waals surface area contributed by atoms with Gasteiger partial charge in [-0.1, -0.05) is 0 Å². The molecule has 0 bridgehead atoms. The molecule has 0 N–H and O–H groups in total. The predicted octanol–water partition coefficient (Wildman–Crippen LogP) is 0.991. The third-order valence-corrected chi connectivity index (χ3v) is 2.96. The Morgan fingerprint density at radius 3 is 2.50 bits per heavy atom. The van der Waals surface area contributed by atoms with Gasteiger partial charge in [0.25, 0.3) is 0 Å². The lowest BCUT2D eigenvalue weighted by molar-refractivity contribution is -0.117. The van der Waals surface area contributed by atoms with E-state index in [1.54, 1.807) is 0 Å². The van der Waals surface area contributed by atoms with E-state index in [1.807, 2.05) is 0 Å². The summed E-state index contributed by atoms with van der Waals surface area (Å²) < 4.78 is 0. The summed E-state index contributed by atoms with van der Waals surface area (Å²) in [5.74, 6) is 0.439. The first-order chi connectivity index (χ1) is 6.59. The normalized spacial score (nSPS) is 22.6. The van der Waals surface area contributed by atoms with Crippen LogP contribution in [0.15, 0.2) is 0 Å². The lowest BCUT2D eigenvalue weighted by Crippen LogP contribution is -2.32. The average Bonchev–Trinajstić information content (AvgIpc) is 2.51. The molecular weight excluding hydrogens is 176 g/mol. The van der Waals surface area contributed by atoms with Crippen LogP contribution in [0.1, 0.15) is 25.7 Å². The average molecular weight is 198 g/mol. The zero-order valence-electron chi connectivity index (χ0n) is 9.62. The van der Waals surface area contributed by atoms with Gasteiger partial charge >= 0.3 is 0 Å². The molecule has 0 aliphatic heterocycles.